The van der Waals surface area contributed by atoms with Gasteiger partial charge in [0.05, 0.1) is 22.8 Å². The second kappa shape index (κ2) is 6.63. The van der Waals surface area contributed by atoms with Gasteiger partial charge in [-0.3, -0.25) is 4.21 Å². The summed E-state index contributed by atoms with van der Waals surface area (Å²) in [7, 11) is 0.0966. The molecule has 20 heavy (non-hydrogen) atoms. The summed E-state index contributed by atoms with van der Waals surface area (Å²) in [4.78, 5) is 0.186. The van der Waals surface area contributed by atoms with Crippen molar-refractivity contribution in [2.75, 3.05) is 12.9 Å². The molecule has 2 unspecified atom stereocenters. The molecule has 0 radical (unpaired) electrons. The topological polar surface area (TPSA) is 52.3 Å². The van der Waals surface area contributed by atoms with Gasteiger partial charge >= 0.3 is 0 Å². The molecule has 0 aliphatic heterocycles. The molecule has 2 rings (SSSR count). The van der Waals surface area contributed by atoms with E-state index in [0.29, 0.717) is 5.75 Å². The number of hydrogen-bond donors (Lipinski definition) is 1. The maximum atomic E-state index is 13.6. The van der Waals surface area contributed by atoms with Crippen molar-refractivity contribution < 1.29 is 13.3 Å². The lowest BCUT2D eigenvalue weighted by Crippen LogP contribution is -2.18. The minimum absolute atomic E-state index is 0.161. The monoisotopic (exact) mass is 293 g/mol. The number of ether oxygens (including phenoxy) is 1. The van der Waals surface area contributed by atoms with E-state index in [2.05, 4.69) is 0 Å². The van der Waals surface area contributed by atoms with E-state index in [1.807, 2.05) is 18.2 Å². The van der Waals surface area contributed by atoms with E-state index in [-0.39, 0.29) is 10.6 Å². The lowest BCUT2D eigenvalue weighted by atomic mass is 10.1. The van der Waals surface area contributed by atoms with Crippen molar-refractivity contribution in [3.05, 3.63) is 59.9 Å². The van der Waals surface area contributed by atoms with Gasteiger partial charge in [0.1, 0.15) is 11.6 Å². The molecule has 0 aromatic heterocycles. The van der Waals surface area contributed by atoms with Crippen molar-refractivity contribution in [3.8, 4) is 5.75 Å². The molecule has 0 heterocycles. The van der Waals surface area contributed by atoms with Crippen LogP contribution < -0.4 is 10.5 Å². The van der Waals surface area contributed by atoms with Gasteiger partial charge in [-0.15, -0.1) is 0 Å². The highest BCUT2D eigenvalue weighted by atomic mass is 32.2. The van der Waals surface area contributed by atoms with Crippen LogP contribution in [0.2, 0.25) is 0 Å². The van der Waals surface area contributed by atoms with Crippen LogP contribution in [-0.2, 0) is 10.8 Å². The summed E-state index contributed by atoms with van der Waals surface area (Å²) in [6.45, 7) is 0. The minimum atomic E-state index is -1.47. The summed E-state index contributed by atoms with van der Waals surface area (Å²) in [5, 5.41) is 0. The van der Waals surface area contributed by atoms with Crippen molar-refractivity contribution in [2.24, 2.45) is 5.73 Å². The fourth-order valence-corrected chi connectivity index (χ4v) is 3.06. The van der Waals surface area contributed by atoms with Gasteiger partial charge in [0, 0.05) is 11.8 Å². The Balaban J connectivity index is 2.13. The van der Waals surface area contributed by atoms with Crippen molar-refractivity contribution in [3.63, 3.8) is 0 Å². The van der Waals surface area contributed by atoms with Gasteiger partial charge in [-0.25, -0.2) is 4.39 Å². The van der Waals surface area contributed by atoms with E-state index in [1.54, 1.807) is 25.3 Å². The third kappa shape index (κ3) is 3.43. The highest BCUT2D eigenvalue weighted by Crippen LogP contribution is 2.20. The normalized spacial score (nSPS) is 13.8. The molecule has 2 N–H and O–H groups in total. The maximum absolute atomic E-state index is 13.6. The van der Waals surface area contributed by atoms with Gasteiger partial charge < -0.3 is 10.5 Å². The minimum Gasteiger partial charge on any atom is -0.497 e. The number of methoxy groups -OCH3 is 1. The van der Waals surface area contributed by atoms with Gasteiger partial charge in [-0.05, 0) is 29.8 Å². The van der Waals surface area contributed by atoms with Crippen LogP contribution in [0.15, 0.2) is 53.4 Å². The fraction of sp³-hybridized carbons (Fsp3) is 0.200. The average molecular weight is 293 g/mol. The van der Waals surface area contributed by atoms with Gasteiger partial charge in [-0.2, -0.15) is 0 Å². The molecule has 2 aromatic rings. The molecule has 0 amide bonds. The zero-order valence-corrected chi connectivity index (χ0v) is 11.9. The van der Waals surface area contributed by atoms with Crippen LogP contribution in [0.1, 0.15) is 11.6 Å². The Morgan fingerprint density at radius 2 is 2.00 bits per heavy atom. The van der Waals surface area contributed by atoms with Crippen LogP contribution in [0.5, 0.6) is 5.75 Å². The molecule has 0 aliphatic carbocycles. The highest BCUT2D eigenvalue weighted by Gasteiger charge is 2.15. The van der Waals surface area contributed by atoms with Gasteiger partial charge in [-0.1, -0.05) is 24.3 Å². The lowest BCUT2D eigenvalue weighted by Gasteiger charge is -2.13. The molecule has 106 valence electrons. The van der Waals surface area contributed by atoms with Crippen LogP contribution in [0.4, 0.5) is 4.39 Å². The first-order valence-electron chi connectivity index (χ1n) is 6.14. The van der Waals surface area contributed by atoms with Crippen molar-refractivity contribution in [1.29, 1.82) is 0 Å². The van der Waals surface area contributed by atoms with Gasteiger partial charge in [0.25, 0.3) is 0 Å². The van der Waals surface area contributed by atoms with E-state index in [4.69, 9.17) is 10.5 Å². The Morgan fingerprint density at radius 3 is 2.70 bits per heavy atom. The molecule has 5 heteroatoms. The highest BCUT2D eigenvalue weighted by molar-refractivity contribution is 7.85. The molecule has 0 spiro atoms. The Morgan fingerprint density at radius 1 is 1.25 bits per heavy atom. The second-order valence-electron chi connectivity index (χ2n) is 4.33. The van der Waals surface area contributed by atoms with E-state index < -0.39 is 22.7 Å². The Hall–Kier alpha value is -1.72. The van der Waals surface area contributed by atoms with Crippen LogP contribution in [0.3, 0.4) is 0 Å². The third-order valence-electron chi connectivity index (χ3n) is 2.93. The summed E-state index contributed by atoms with van der Waals surface area (Å²) in [6, 6.07) is 12.9. The zero-order chi connectivity index (χ0) is 14.5. The molecule has 3 nitrogen and oxygen atoms in total. The standard InChI is InChI=1S/C15H16FNO2S/c1-19-12-6-4-5-11(9-12)14(17)10-20(18)15-8-3-2-7-13(15)16/h2-9,14H,10,17H2,1H3. The van der Waals surface area contributed by atoms with E-state index >= 15 is 0 Å². The number of benzene rings is 2. The van der Waals surface area contributed by atoms with Crippen LogP contribution in [-0.4, -0.2) is 17.1 Å². The maximum Gasteiger partial charge on any atom is 0.139 e. The number of halogens is 1. The molecule has 0 aliphatic rings. The summed E-state index contributed by atoms with van der Waals surface area (Å²) in [5.74, 6) is 0.381. The molecule has 0 saturated carbocycles. The predicted octanol–water partition coefficient (Wildman–Crippen LogP) is 2.64. The van der Waals surface area contributed by atoms with Crippen LogP contribution in [0.25, 0.3) is 0 Å². The predicted molar refractivity (Wildman–Crippen MR) is 77.6 cm³/mol. The van der Waals surface area contributed by atoms with Crippen molar-refractivity contribution in [1.82, 2.24) is 0 Å². The SMILES string of the molecule is COc1cccc(C(N)CS(=O)c2ccccc2F)c1. The molecule has 2 aromatic carbocycles. The summed E-state index contributed by atoms with van der Waals surface area (Å²) < 4.78 is 30.8. The van der Waals surface area contributed by atoms with Gasteiger partial charge in [0.2, 0.25) is 0 Å². The number of rotatable bonds is 5. The molecule has 2 atom stereocenters. The Labute approximate surface area is 120 Å². The lowest BCUT2D eigenvalue weighted by molar-refractivity contribution is 0.414. The van der Waals surface area contributed by atoms with Crippen molar-refractivity contribution in [2.45, 2.75) is 10.9 Å². The molecular formula is C15H16FNO2S. The fourth-order valence-electron chi connectivity index (χ4n) is 1.85. The van der Waals surface area contributed by atoms with Crippen LogP contribution in [0, 0.1) is 5.82 Å². The molecule has 0 saturated heterocycles. The third-order valence-corrected chi connectivity index (χ3v) is 4.42. The quantitative estimate of drug-likeness (QED) is 0.922. The Kier molecular flexibility index (Phi) is 4.87. The van der Waals surface area contributed by atoms with E-state index in [0.717, 1.165) is 5.56 Å². The van der Waals surface area contributed by atoms with Crippen LogP contribution >= 0.6 is 0 Å². The summed E-state index contributed by atoms with van der Waals surface area (Å²) in [5.41, 5.74) is 6.85. The Bertz CT molecular complexity index is 618. The molecular weight excluding hydrogens is 277 g/mol. The molecule has 0 bridgehead atoms. The largest absolute Gasteiger partial charge is 0.497 e. The molecule has 0 fully saturated rings. The summed E-state index contributed by atoms with van der Waals surface area (Å²) in [6.07, 6.45) is 0. The zero-order valence-electron chi connectivity index (χ0n) is 11.1. The van der Waals surface area contributed by atoms with E-state index in [9.17, 15) is 8.60 Å². The average Bonchev–Trinajstić information content (AvgIpc) is 2.47. The first-order valence-corrected chi connectivity index (χ1v) is 7.46. The summed E-state index contributed by atoms with van der Waals surface area (Å²) >= 11 is 0. The number of nitrogens with two attached hydrogens (primary N) is 1. The number of hydrogen-bond acceptors (Lipinski definition) is 3. The first kappa shape index (κ1) is 14.7. The first-order chi connectivity index (χ1) is 9.61. The van der Waals surface area contributed by atoms with Gasteiger partial charge in [0.15, 0.2) is 0 Å². The van der Waals surface area contributed by atoms with E-state index in [1.165, 1.54) is 12.1 Å². The van der Waals surface area contributed by atoms with Crippen molar-refractivity contribution >= 4 is 10.8 Å². The smallest absolute Gasteiger partial charge is 0.139 e. The second-order valence-corrected chi connectivity index (χ2v) is 5.79.